The minimum atomic E-state index is -3.56. The Morgan fingerprint density at radius 3 is 2.26 bits per heavy atom. The van der Waals surface area contributed by atoms with E-state index in [-0.39, 0.29) is 24.1 Å². The second-order valence-corrected chi connectivity index (χ2v) is 9.24. The fourth-order valence-electron chi connectivity index (χ4n) is 2.80. The zero-order valence-electron chi connectivity index (χ0n) is 16.0. The molecule has 2 rings (SSSR count). The maximum Gasteiger partial charge on any atom is 0.254 e. The van der Waals surface area contributed by atoms with Crippen LogP contribution in [-0.4, -0.2) is 33.7 Å². The third kappa shape index (κ3) is 5.29. The fourth-order valence-corrected chi connectivity index (χ4v) is 3.74. The normalized spacial score (nSPS) is 11.9. The summed E-state index contributed by atoms with van der Waals surface area (Å²) in [6.07, 6.45) is 1.13. The van der Waals surface area contributed by atoms with E-state index in [1.807, 2.05) is 32.9 Å². The van der Waals surface area contributed by atoms with E-state index in [2.05, 4.69) is 5.32 Å². The number of halogens is 1. The molecular formula is C20H25FN2O3S. The van der Waals surface area contributed by atoms with E-state index in [4.69, 9.17) is 0 Å². The third-order valence-corrected chi connectivity index (χ3v) is 5.28. The van der Waals surface area contributed by atoms with Crippen LogP contribution in [0, 0.1) is 5.82 Å². The van der Waals surface area contributed by atoms with Crippen molar-refractivity contribution in [3.8, 4) is 0 Å². The number of nitrogens with zero attached hydrogens (tertiary/aromatic N) is 1. The first-order valence-electron chi connectivity index (χ1n) is 8.62. The number of nitrogens with one attached hydrogen (secondary N) is 1. The predicted octanol–water partition coefficient (Wildman–Crippen LogP) is 3.32. The van der Waals surface area contributed by atoms with Crippen molar-refractivity contribution in [3.05, 3.63) is 65.5 Å². The maximum atomic E-state index is 13.7. The summed E-state index contributed by atoms with van der Waals surface area (Å²) in [7, 11) is -3.56. The van der Waals surface area contributed by atoms with E-state index < -0.39 is 21.7 Å². The molecule has 0 spiro atoms. The zero-order valence-corrected chi connectivity index (χ0v) is 16.8. The van der Waals surface area contributed by atoms with E-state index in [0.29, 0.717) is 5.69 Å². The lowest BCUT2D eigenvalue weighted by atomic mass is 9.86. The van der Waals surface area contributed by atoms with Crippen molar-refractivity contribution in [1.82, 2.24) is 5.32 Å². The summed E-state index contributed by atoms with van der Waals surface area (Å²) in [6.45, 7) is 6.12. The van der Waals surface area contributed by atoms with E-state index in [1.54, 1.807) is 18.2 Å². The average molecular weight is 392 g/mol. The number of para-hydroxylation sites is 1. The van der Waals surface area contributed by atoms with E-state index in [9.17, 15) is 17.6 Å². The van der Waals surface area contributed by atoms with Gasteiger partial charge in [0.05, 0.1) is 24.1 Å². The first-order valence-corrected chi connectivity index (χ1v) is 10.5. The van der Waals surface area contributed by atoms with Crippen LogP contribution in [0.5, 0.6) is 0 Å². The standard InChI is InChI=1S/C20H25FN2O3S/c1-20(2,3)16-10-6-8-12-18(16)23(27(4,25)26)14-13-22-19(24)15-9-5-7-11-17(15)21/h5-12H,13-14H2,1-4H3,(H,22,24). The first kappa shape index (κ1) is 20.9. The minimum Gasteiger partial charge on any atom is -0.350 e. The Bertz CT molecular complexity index is 921. The Balaban J connectivity index is 2.21. The van der Waals surface area contributed by atoms with Crippen LogP contribution in [0.3, 0.4) is 0 Å². The van der Waals surface area contributed by atoms with Gasteiger partial charge in [-0.3, -0.25) is 9.10 Å². The predicted molar refractivity (Wildman–Crippen MR) is 106 cm³/mol. The first-order chi connectivity index (χ1) is 12.5. The van der Waals surface area contributed by atoms with Crippen molar-refractivity contribution in [1.29, 1.82) is 0 Å². The molecule has 5 nitrogen and oxygen atoms in total. The molecule has 7 heteroatoms. The molecule has 0 radical (unpaired) electrons. The van der Waals surface area contributed by atoms with E-state index in [0.717, 1.165) is 11.8 Å². The molecule has 1 amide bonds. The van der Waals surface area contributed by atoms with Gasteiger partial charge < -0.3 is 5.32 Å². The van der Waals surface area contributed by atoms with Gasteiger partial charge >= 0.3 is 0 Å². The number of rotatable bonds is 6. The van der Waals surface area contributed by atoms with Gasteiger partial charge in [0.25, 0.3) is 5.91 Å². The fraction of sp³-hybridized carbons (Fsp3) is 0.350. The quantitative estimate of drug-likeness (QED) is 0.820. The molecule has 1 N–H and O–H groups in total. The van der Waals surface area contributed by atoms with Crippen LogP contribution in [0.4, 0.5) is 10.1 Å². The zero-order chi connectivity index (χ0) is 20.2. The topological polar surface area (TPSA) is 66.5 Å². The van der Waals surface area contributed by atoms with Crippen molar-refractivity contribution >= 4 is 21.6 Å². The number of amides is 1. The van der Waals surface area contributed by atoms with Gasteiger partial charge in [-0.25, -0.2) is 12.8 Å². The lowest BCUT2D eigenvalue weighted by Crippen LogP contribution is -2.39. The highest BCUT2D eigenvalue weighted by molar-refractivity contribution is 7.92. The summed E-state index contributed by atoms with van der Waals surface area (Å²) in [5, 5.41) is 2.59. The Kier molecular flexibility index (Phi) is 6.26. The van der Waals surface area contributed by atoms with Crippen molar-refractivity contribution in [2.75, 3.05) is 23.7 Å². The number of hydrogen-bond acceptors (Lipinski definition) is 3. The van der Waals surface area contributed by atoms with Gasteiger partial charge in [-0.2, -0.15) is 0 Å². The van der Waals surface area contributed by atoms with Gasteiger partial charge in [0.1, 0.15) is 5.82 Å². The van der Waals surface area contributed by atoms with Crippen LogP contribution in [0.1, 0.15) is 36.7 Å². The molecule has 27 heavy (non-hydrogen) atoms. The van der Waals surface area contributed by atoms with Crippen LogP contribution >= 0.6 is 0 Å². The molecule has 0 unspecified atom stereocenters. The van der Waals surface area contributed by atoms with Gasteiger partial charge in [-0.15, -0.1) is 0 Å². The van der Waals surface area contributed by atoms with Crippen molar-refractivity contribution in [2.24, 2.45) is 0 Å². The lowest BCUT2D eigenvalue weighted by Gasteiger charge is -2.30. The summed E-state index contributed by atoms with van der Waals surface area (Å²) in [5.41, 5.74) is 1.14. The molecule has 146 valence electrons. The third-order valence-electron chi connectivity index (χ3n) is 4.10. The van der Waals surface area contributed by atoms with Gasteiger partial charge in [0.2, 0.25) is 10.0 Å². The number of sulfonamides is 1. The average Bonchev–Trinajstić information content (AvgIpc) is 2.57. The van der Waals surface area contributed by atoms with Crippen LogP contribution in [0.2, 0.25) is 0 Å². The monoisotopic (exact) mass is 392 g/mol. The second-order valence-electron chi connectivity index (χ2n) is 7.34. The smallest absolute Gasteiger partial charge is 0.254 e. The molecule has 0 aliphatic heterocycles. The number of hydrogen-bond donors (Lipinski definition) is 1. The molecule has 2 aromatic rings. The molecule has 0 heterocycles. The highest BCUT2D eigenvalue weighted by Crippen LogP contribution is 2.32. The summed E-state index contributed by atoms with van der Waals surface area (Å²) in [5.74, 6) is -1.20. The van der Waals surface area contributed by atoms with Gasteiger partial charge in [-0.1, -0.05) is 51.1 Å². The number of anilines is 1. The lowest BCUT2D eigenvalue weighted by molar-refractivity contribution is 0.0951. The molecule has 0 bridgehead atoms. The Labute approximate surface area is 160 Å². The molecule has 0 fully saturated rings. The molecule has 0 aromatic heterocycles. The van der Waals surface area contributed by atoms with Crippen LogP contribution < -0.4 is 9.62 Å². The summed E-state index contributed by atoms with van der Waals surface area (Å²) in [6, 6.07) is 12.9. The molecule has 0 saturated carbocycles. The summed E-state index contributed by atoms with van der Waals surface area (Å²) < 4.78 is 39.7. The molecule has 0 aliphatic rings. The molecule has 0 atom stereocenters. The second kappa shape index (κ2) is 8.08. The number of benzene rings is 2. The van der Waals surface area contributed by atoms with E-state index >= 15 is 0 Å². The van der Waals surface area contributed by atoms with Crippen LogP contribution in [0.25, 0.3) is 0 Å². The van der Waals surface area contributed by atoms with Crippen molar-refractivity contribution in [2.45, 2.75) is 26.2 Å². The highest BCUT2D eigenvalue weighted by atomic mass is 32.2. The summed E-state index contributed by atoms with van der Waals surface area (Å²) in [4.78, 5) is 12.1. The maximum absolute atomic E-state index is 13.7. The molecule has 2 aromatic carbocycles. The molecular weight excluding hydrogens is 367 g/mol. The van der Waals surface area contributed by atoms with Gasteiger partial charge in [0, 0.05) is 6.54 Å². The van der Waals surface area contributed by atoms with Crippen LogP contribution in [-0.2, 0) is 15.4 Å². The van der Waals surface area contributed by atoms with E-state index in [1.165, 1.54) is 22.5 Å². The Morgan fingerprint density at radius 2 is 1.67 bits per heavy atom. The largest absolute Gasteiger partial charge is 0.350 e. The minimum absolute atomic E-state index is 0.0477. The van der Waals surface area contributed by atoms with Crippen molar-refractivity contribution < 1.29 is 17.6 Å². The SMILES string of the molecule is CC(C)(C)c1ccccc1N(CCNC(=O)c1ccccc1F)S(C)(=O)=O. The highest BCUT2D eigenvalue weighted by Gasteiger charge is 2.25. The molecule has 0 aliphatic carbocycles. The number of carbonyl (C=O) groups excluding carboxylic acids is 1. The Morgan fingerprint density at radius 1 is 1.07 bits per heavy atom. The molecule has 0 saturated heterocycles. The summed E-state index contributed by atoms with van der Waals surface area (Å²) >= 11 is 0. The van der Waals surface area contributed by atoms with Gasteiger partial charge in [0.15, 0.2) is 0 Å². The Hall–Kier alpha value is -2.41. The van der Waals surface area contributed by atoms with Crippen LogP contribution in [0.15, 0.2) is 48.5 Å². The number of carbonyl (C=O) groups is 1. The van der Waals surface area contributed by atoms with Gasteiger partial charge in [-0.05, 0) is 29.2 Å². The van der Waals surface area contributed by atoms with Crippen molar-refractivity contribution in [3.63, 3.8) is 0 Å².